The summed E-state index contributed by atoms with van der Waals surface area (Å²) in [6, 6.07) is 18.8. The van der Waals surface area contributed by atoms with Gasteiger partial charge in [-0.05, 0) is 173 Å². The van der Waals surface area contributed by atoms with Crippen molar-refractivity contribution in [2.75, 3.05) is 0 Å². The van der Waals surface area contributed by atoms with Gasteiger partial charge in [0.25, 0.3) is 0 Å². The van der Waals surface area contributed by atoms with E-state index in [0.717, 1.165) is 92.5 Å². The maximum atomic E-state index is 6.38. The Morgan fingerprint density at radius 3 is 1.25 bits per heavy atom. The molecule has 0 radical (unpaired) electrons. The maximum absolute atomic E-state index is 6.38. The Hall–Kier alpha value is 2.82. The first kappa shape index (κ1) is 92.8. The molecule has 0 amide bonds. The van der Waals surface area contributed by atoms with Crippen LogP contribution in [0.1, 0.15) is 260 Å². The third-order valence-electron chi connectivity index (χ3n) is 25.9. The van der Waals surface area contributed by atoms with E-state index in [1.165, 1.54) is 151 Å². The summed E-state index contributed by atoms with van der Waals surface area (Å²) in [5.41, 5.74) is 10.1. The molecule has 2 nitrogen and oxygen atoms in total. The molecule has 0 saturated heterocycles. The summed E-state index contributed by atoms with van der Waals surface area (Å²) < 4.78 is 12.6. The van der Waals surface area contributed by atoms with Crippen LogP contribution in [0.15, 0.2) is 57.4 Å². The molecule has 92 heavy (non-hydrogen) atoms. The van der Waals surface area contributed by atoms with Crippen LogP contribution >= 0.6 is 51.1 Å². The van der Waals surface area contributed by atoms with Gasteiger partial charge in [-0.3, -0.25) is 0 Å². The van der Waals surface area contributed by atoms with Crippen LogP contribution in [0.2, 0.25) is 72.5 Å². The number of halogens is 6. The third-order valence-corrected chi connectivity index (χ3v) is 41.7. The van der Waals surface area contributed by atoms with Crippen LogP contribution in [0.5, 0.6) is 0 Å². The summed E-state index contributed by atoms with van der Waals surface area (Å²) in [4.78, 5) is 0. The molecule has 0 bridgehead atoms. The minimum atomic E-state index is -1.41. The van der Waals surface area contributed by atoms with Gasteiger partial charge in [0.2, 0.25) is 0 Å². The number of rotatable bonds is 9. The van der Waals surface area contributed by atoms with Gasteiger partial charge in [-0.15, -0.1) is 0 Å². The Morgan fingerprint density at radius 2 is 0.804 bits per heavy atom. The van der Waals surface area contributed by atoms with Crippen molar-refractivity contribution < 1.29 is 71.4 Å². The van der Waals surface area contributed by atoms with E-state index in [0.29, 0.717) is 11.3 Å². The molecule has 2 aromatic heterocycles. The molecule has 14 unspecified atom stereocenters. The molecule has 1 aromatic carbocycles. The molecule has 9 fully saturated rings. The Labute approximate surface area is 631 Å². The quantitative estimate of drug-likeness (QED) is 0.158. The van der Waals surface area contributed by atoms with Crippen molar-refractivity contribution in [3.8, 4) is 0 Å². The SMILES string of the molecule is CC(C)(C)C1CCC([Si](C)(C)C2CCC3CCCCC32)C1.Cc1ccc(C2CC3C(c4ccc(C(C)(C)C)cc4)CCCC3C2[Si](C)(C)C2CCCC2)o1.Cc1ccc(C2CC3CCCCC3C2[Si](C)(C)C2CCCC2)o1.[CH3-].[CH3-].[CH3-].[CH3-].[CH3-].[CH3-].[Cl][Zr+2][Cl].[Cl][Zr+2][Cl].[Cl][Zr+2][Cl]. The minimum absolute atomic E-state index is 0. The van der Waals surface area contributed by atoms with Gasteiger partial charge in [0.15, 0.2) is 0 Å². The van der Waals surface area contributed by atoms with E-state index in [9.17, 15) is 0 Å². The zero-order valence-electron chi connectivity index (χ0n) is 62.3. The zero-order valence-corrected chi connectivity index (χ0v) is 77.2. The fraction of sp³-hybridized carbons (Fsp3) is 0.744. The monoisotopic (exact) mass is 1670 g/mol. The van der Waals surface area contributed by atoms with Crippen LogP contribution in [0.3, 0.4) is 0 Å². The molecule has 14 atom stereocenters. The summed E-state index contributed by atoms with van der Waals surface area (Å²) in [6.07, 6.45) is 39.0. The summed E-state index contributed by atoms with van der Waals surface area (Å²) in [5.74, 6) is 14.0. The summed E-state index contributed by atoms with van der Waals surface area (Å²) in [5, 5.41) is 0. The predicted octanol–water partition coefficient (Wildman–Crippen LogP) is 30.2. The number of hydrogen-bond acceptors (Lipinski definition) is 2. The van der Waals surface area contributed by atoms with Gasteiger partial charge in [0.05, 0.1) is 24.2 Å². The average Bonchev–Trinajstić information content (AvgIpc) is 1.59. The van der Waals surface area contributed by atoms with E-state index in [1.807, 2.05) is 0 Å². The molecule has 0 aliphatic heterocycles. The van der Waals surface area contributed by atoms with Gasteiger partial charge in [-0.2, -0.15) is 0 Å². The normalized spacial score (nSPS) is 29.8. The Bertz CT molecular complexity index is 2440. The van der Waals surface area contributed by atoms with Gasteiger partial charge in [-0.25, -0.2) is 0 Å². The molecule has 0 spiro atoms. The van der Waals surface area contributed by atoms with E-state index in [1.54, 1.807) is 44.1 Å². The fourth-order valence-electron chi connectivity index (χ4n) is 21.6. The molecule has 14 heteroatoms. The summed E-state index contributed by atoms with van der Waals surface area (Å²) in [7, 11) is 25.9. The molecule has 9 aliphatic rings. The van der Waals surface area contributed by atoms with Crippen molar-refractivity contribution in [3.63, 3.8) is 0 Å². The molecule has 12 rings (SSSR count). The van der Waals surface area contributed by atoms with Crippen LogP contribution < -0.4 is 0 Å². The molecule has 526 valence electrons. The Morgan fingerprint density at radius 1 is 0.380 bits per heavy atom. The molecule has 9 aliphatic carbocycles. The van der Waals surface area contributed by atoms with E-state index in [4.69, 9.17) is 59.9 Å². The first-order valence-corrected chi connectivity index (χ1v) is 63.3. The Kier molecular flexibility index (Phi) is 42.9. The van der Waals surface area contributed by atoms with Crippen molar-refractivity contribution in [1.29, 1.82) is 0 Å². The van der Waals surface area contributed by atoms with Crippen LogP contribution in [-0.4, -0.2) is 24.2 Å². The molecule has 9 saturated carbocycles. The van der Waals surface area contributed by atoms with Gasteiger partial charge in [0.1, 0.15) is 23.0 Å². The molecular formula is C78H136Cl6O2Si3Zr3. The van der Waals surface area contributed by atoms with E-state index in [2.05, 4.69) is 143 Å². The third kappa shape index (κ3) is 23.4. The van der Waals surface area contributed by atoms with Gasteiger partial charge < -0.3 is 53.4 Å². The topological polar surface area (TPSA) is 26.3 Å². The number of furan rings is 2. The van der Waals surface area contributed by atoms with E-state index in [-0.39, 0.29) is 50.0 Å². The van der Waals surface area contributed by atoms with Crippen molar-refractivity contribution >= 4 is 75.3 Å². The summed E-state index contributed by atoms with van der Waals surface area (Å²) in [6.45, 7) is 35.2. The van der Waals surface area contributed by atoms with E-state index >= 15 is 0 Å². The molecule has 0 N–H and O–H groups in total. The second-order valence-electron chi connectivity index (χ2n) is 33.2. The van der Waals surface area contributed by atoms with Gasteiger partial charge in [-0.1, -0.05) is 240 Å². The first-order chi connectivity index (χ1) is 40.8. The Balaban J connectivity index is 0.000000642. The number of aryl methyl sites for hydroxylation is 2. The molecule has 3 aromatic rings. The van der Waals surface area contributed by atoms with Gasteiger partial charge in [0, 0.05) is 11.8 Å². The number of benzene rings is 1. The van der Waals surface area contributed by atoms with Gasteiger partial charge >= 0.3 is 114 Å². The van der Waals surface area contributed by atoms with Crippen LogP contribution in [0, 0.1) is 105 Å². The van der Waals surface area contributed by atoms with Crippen LogP contribution in [-0.2, 0) is 68.0 Å². The second kappa shape index (κ2) is 42.6. The predicted molar refractivity (Wildman–Crippen MR) is 413 cm³/mol. The van der Waals surface area contributed by atoms with E-state index < -0.39 is 86.8 Å². The fourth-order valence-corrected chi connectivity index (χ4v) is 37.0. The van der Waals surface area contributed by atoms with Crippen molar-refractivity contribution in [1.82, 2.24) is 0 Å². The molecular weight excluding hydrogens is 1540 g/mol. The second-order valence-corrected chi connectivity index (χ2v) is 59.8. The standard InChI is InChI=1S/C31H46OSi.C21H34OSi.C20H38Si.6CH3.6ClH.3Zr/c1-21-14-19-29(32-21)28-20-27-25(22-15-17-23(18-16-22)31(2,3)4)12-9-13-26(27)30(28)33(5,6)24-10-7-8-11-24;1-15-12-13-20(22-15)19-14-16-8-4-7-11-18(16)21(19)23(2,3)17-9-5-6-10-17;1-20(2,3)16-11-12-17(14-16)21(4,5)19-13-10-15-8-6-7-9-18(15)19;;;;;;;;;;;;;;;/h14-19,24-28,30H,7-13,20H2,1-6H3;12-13,16-19,21H,4-11,14H2,1-3H3;15-19H,6-14H2,1-5H3;6*1H3;6*1H;;;/q;;;6*-1;;;;;;;3*+4/p-6. The number of fused-ring (bicyclic) bond motifs is 3. The van der Waals surface area contributed by atoms with Crippen molar-refractivity contribution in [2.45, 2.75) is 318 Å². The van der Waals surface area contributed by atoms with Crippen molar-refractivity contribution in [3.05, 3.63) is 127 Å². The van der Waals surface area contributed by atoms with Crippen molar-refractivity contribution in [2.24, 2.45) is 46.8 Å². The number of hydrogen-bond donors (Lipinski definition) is 0. The zero-order chi connectivity index (χ0) is 62.8. The van der Waals surface area contributed by atoms with Crippen LogP contribution in [0.4, 0.5) is 0 Å². The van der Waals surface area contributed by atoms with Crippen LogP contribution in [0.25, 0.3) is 0 Å². The average molecular weight is 1680 g/mol. The first-order valence-electron chi connectivity index (χ1n) is 34.9. The summed E-state index contributed by atoms with van der Waals surface area (Å²) >= 11 is -2.48. The molecule has 2 heterocycles.